The summed E-state index contributed by atoms with van der Waals surface area (Å²) in [5.41, 5.74) is 0. The molecular formula is C18H31N3O6S. The first kappa shape index (κ1) is 22.8. The van der Waals surface area contributed by atoms with Crippen molar-refractivity contribution < 1.29 is 29.7 Å². The zero-order valence-electron chi connectivity index (χ0n) is 16.0. The Morgan fingerprint density at radius 2 is 2.00 bits per heavy atom. The number of fused-ring (bicyclic) bond motifs is 1. The van der Waals surface area contributed by atoms with E-state index in [-0.39, 0.29) is 49.6 Å². The van der Waals surface area contributed by atoms with Crippen LogP contribution in [0.1, 0.15) is 44.9 Å². The number of amides is 3. The number of urea groups is 1. The standard InChI is InChI=1S/C18H31N3O6S/c22-8-4-2-5-12(10-23)9-19-16(26)18(7-3-1-6-14(24)25)15-13(11-28-18)20-17(27)21-15/h12-13,15,22-23H,1-11H2,(H,19,26)(H,24,25)(H2,20,21,27)/t12?,13-,15-,18-/m0/s1. The van der Waals surface area contributed by atoms with Gasteiger partial charge >= 0.3 is 12.0 Å². The van der Waals surface area contributed by atoms with E-state index in [0.29, 0.717) is 44.4 Å². The molecule has 0 aromatic carbocycles. The van der Waals surface area contributed by atoms with Gasteiger partial charge in [-0.1, -0.05) is 12.8 Å². The quantitative estimate of drug-likeness (QED) is 0.183. The van der Waals surface area contributed by atoms with E-state index in [1.165, 1.54) is 11.8 Å². The van der Waals surface area contributed by atoms with E-state index in [1.807, 2.05) is 0 Å². The largest absolute Gasteiger partial charge is 0.481 e. The molecule has 2 rings (SSSR count). The number of carbonyl (C=O) groups is 3. The lowest BCUT2D eigenvalue weighted by atomic mass is 9.88. The lowest BCUT2D eigenvalue weighted by Gasteiger charge is -2.33. The number of aliphatic hydroxyl groups excluding tert-OH is 2. The van der Waals surface area contributed by atoms with Crippen LogP contribution < -0.4 is 16.0 Å². The number of nitrogens with one attached hydrogen (secondary N) is 3. The second-order valence-corrected chi connectivity index (χ2v) is 8.83. The number of unbranched alkanes of at least 4 members (excludes halogenated alkanes) is 2. The SMILES string of the molecule is O=C(O)CCCC[C@]1(C(=O)NCC(CO)CCCCO)SC[C@@H]2NC(=O)N[C@@H]21. The number of hydrogen-bond acceptors (Lipinski definition) is 6. The van der Waals surface area contributed by atoms with Gasteiger partial charge in [-0.3, -0.25) is 9.59 Å². The van der Waals surface area contributed by atoms with Crippen molar-refractivity contribution in [1.29, 1.82) is 0 Å². The fraction of sp³-hybridized carbons (Fsp3) is 0.833. The van der Waals surface area contributed by atoms with Crippen molar-refractivity contribution in [2.75, 3.05) is 25.5 Å². The number of carboxylic acid groups (broad SMARTS) is 1. The summed E-state index contributed by atoms with van der Waals surface area (Å²) >= 11 is 1.50. The van der Waals surface area contributed by atoms with Gasteiger partial charge in [-0.2, -0.15) is 0 Å². The molecule has 2 aliphatic heterocycles. The summed E-state index contributed by atoms with van der Waals surface area (Å²) in [4.78, 5) is 35.7. The van der Waals surface area contributed by atoms with Crippen LogP contribution >= 0.6 is 11.8 Å². The molecule has 4 atom stereocenters. The molecule has 0 radical (unpaired) electrons. The Labute approximate surface area is 169 Å². The van der Waals surface area contributed by atoms with Crippen LogP contribution in [0.5, 0.6) is 0 Å². The minimum absolute atomic E-state index is 0.0468. The van der Waals surface area contributed by atoms with Crippen LogP contribution in [0.2, 0.25) is 0 Å². The normalized spacial score (nSPS) is 27.0. The lowest BCUT2D eigenvalue weighted by Crippen LogP contribution is -2.56. The Hall–Kier alpha value is -1.52. The van der Waals surface area contributed by atoms with E-state index in [0.717, 1.165) is 6.42 Å². The number of hydrogen-bond donors (Lipinski definition) is 6. The molecule has 0 bridgehead atoms. The molecule has 0 aromatic rings. The van der Waals surface area contributed by atoms with Gasteiger partial charge in [0.2, 0.25) is 5.91 Å². The third-order valence-corrected chi connectivity index (χ3v) is 7.12. The van der Waals surface area contributed by atoms with Crippen LogP contribution in [-0.4, -0.2) is 75.6 Å². The monoisotopic (exact) mass is 417 g/mol. The van der Waals surface area contributed by atoms with Gasteiger partial charge in [0.15, 0.2) is 0 Å². The van der Waals surface area contributed by atoms with Crippen molar-refractivity contribution in [2.45, 2.75) is 61.8 Å². The molecule has 2 fully saturated rings. The molecule has 10 heteroatoms. The van der Waals surface area contributed by atoms with Crippen molar-refractivity contribution in [3.05, 3.63) is 0 Å². The summed E-state index contributed by atoms with van der Waals surface area (Å²) < 4.78 is -0.840. The van der Waals surface area contributed by atoms with Crippen LogP contribution in [0.15, 0.2) is 0 Å². The summed E-state index contributed by atoms with van der Waals surface area (Å²) in [7, 11) is 0. The lowest BCUT2D eigenvalue weighted by molar-refractivity contribution is -0.137. The zero-order chi connectivity index (χ0) is 20.6. The molecule has 1 unspecified atom stereocenters. The molecule has 28 heavy (non-hydrogen) atoms. The first-order valence-corrected chi connectivity index (χ1v) is 10.8. The number of rotatable bonds is 13. The molecule has 2 heterocycles. The fourth-order valence-corrected chi connectivity index (χ4v) is 5.49. The zero-order valence-corrected chi connectivity index (χ0v) is 16.8. The molecule has 0 spiro atoms. The smallest absolute Gasteiger partial charge is 0.315 e. The number of aliphatic carboxylic acids is 1. The summed E-state index contributed by atoms with van der Waals surface area (Å²) in [6.07, 6.45) is 3.73. The van der Waals surface area contributed by atoms with Crippen LogP contribution in [0.3, 0.4) is 0 Å². The van der Waals surface area contributed by atoms with Gasteiger partial charge in [0.1, 0.15) is 4.75 Å². The van der Waals surface area contributed by atoms with Crippen LogP contribution in [0.4, 0.5) is 4.79 Å². The van der Waals surface area contributed by atoms with Gasteiger partial charge in [0.05, 0.1) is 12.1 Å². The molecule has 3 amide bonds. The van der Waals surface area contributed by atoms with E-state index < -0.39 is 10.7 Å². The van der Waals surface area contributed by atoms with Crippen molar-refractivity contribution >= 4 is 29.7 Å². The molecule has 2 aliphatic rings. The third kappa shape index (κ3) is 5.74. The molecule has 160 valence electrons. The van der Waals surface area contributed by atoms with Gasteiger partial charge in [-0.25, -0.2) is 4.79 Å². The van der Waals surface area contributed by atoms with Crippen LogP contribution in [0, 0.1) is 5.92 Å². The highest BCUT2D eigenvalue weighted by Crippen LogP contribution is 2.44. The van der Waals surface area contributed by atoms with E-state index in [2.05, 4.69) is 16.0 Å². The third-order valence-electron chi connectivity index (χ3n) is 5.43. The number of carboxylic acids is 1. The summed E-state index contributed by atoms with van der Waals surface area (Å²) in [6, 6.07) is -0.743. The molecule has 0 aliphatic carbocycles. The number of carbonyl (C=O) groups excluding carboxylic acids is 2. The Kier molecular flexibility index (Phi) is 8.84. The fourth-order valence-electron chi connectivity index (χ4n) is 3.84. The number of thioether (sulfide) groups is 1. The molecule has 0 saturated carbocycles. The highest BCUT2D eigenvalue weighted by atomic mass is 32.2. The van der Waals surface area contributed by atoms with Gasteiger partial charge in [0.25, 0.3) is 0 Å². The Bertz CT molecular complexity index is 563. The topological polar surface area (TPSA) is 148 Å². The Balaban J connectivity index is 1.99. The maximum Gasteiger partial charge on any atom is 0.315 e. The van der Waals surface area contributed by atoms with E-state index in [4.69, 9.17) is 10.2 Å². The first-order valence-electron chi connectivity index (χ1n) is 9.85. The van der Waals surface area contributed by atoms with Gasteiger partial charge < -0.3 is 31.3 Å². The highest BCUT2D eigenvalue weighted by molar-refractivity contribution is 8.01. The summed E-state index contributed by atoms with van der Waals surface area (Å²) in [6.45, 7) is 0.391. The predicted octanol–water partition coefficient (Wildman–Crippen LogP) is 0.0543. The van der Waals surface area contributed by atoms with E-state index >= 15 is 0 Å². The summed E-state index contributed by atoms with van der Waals surface area (Å²) in [5.74, 6) is -0.502. The van der Waals surface area contributed by atoms with Crippen molar-refractivity contribution in [1.82, 2.24) is 16.0 Å². The van der Waals surface area contributed by atoms with E-state index in [1.54, 1.807) is 0 Å². The predicted molar refractivity (Wildman–Crippen MR) is 105 cm³/mol. The van der Waals surface area contributed by atoms with Crippen LogP contribution in [0.25, 0.3) is 0 Å². The molecular weight excluding hydrogens is 386 g/mol. The van der Waals surface area contributed by atoms with Gasteiger partial charge in [0, 0.05) is 31.9 Å². The molecule has 0 aromatic heterocycles. The molecule has 6 N–H and O–H groups in total. The second-order valence-electron chi connectivity index (χ2n) is 7.48. The maximum atomic E-state index is 13.1. The van der Waals surface area contributed by atoms with Crippen molar-refractivity contribution in [2.24, 2.45) is 5.92 Å². The second kappa shape index (κ2) is 10.9. The van der Waals surface area contributed by atoms with Crippen LogP contribution in [-0.2, 0) is 9.59 Å². The Morgan fingerprint density at radius 3 is 2.68 bits per heavy atom. The number of aliphatic hydroxyl groups is 2. The van der Waals surface area contributed by atoms with Gasteiger partial charge in [-0.05, 0) is 31.6 Å². The van der Waals surface area contributed by atoms with Crippen molar-refractivity contribution in [3.63, 3.8) is 0 Å². The summed E-state index contributed by atoms with van der Waals surface area (Å²) in [5, 5.41) is 35.9. The molecule has 9 nitrogen and oxygen atoms in total. The Morgan fingerprint density at radius 1 is 1.21 bits per heavy atom. The average molecular weight is 418 g/mol. The average Bonchev–Trinajstić information content (AvgIpc) is 3.19. The molecule has 2 saturated heterocycles. The minimum Gasteiger partial charge on any atom is -0.481 e. The minimum atomic E-state index is -0.861. The van der Waals surface area contributed by atoms with Gasteiger partial charge in [-0.15, -0.1) is 11.8 Å². The highest BCUT2D eigenvalue weighted by Gasteiger charge is 2.57. The maximum absolute atomic E-state index is 13.1. The van der Waals surface area contributed by atoms with Crippen molar-refractivity contribution in [3.8, 4) is 0 Å². The van der Waals surface area contributed by atoms with E-state index in [9.17, 15) is 19.5 Å². The first-order chi connectivity index (χ1) is 13.4.